The maximum absolute atomic E-state index is 9.56. The van der Waals surface area contributed by atoms with Crippen LogP contribution in [0.3, 0.4) is 0 Å². The minimum absolute atomic E-state index is 0.156. The van der Waals surface area contributed by atoms with Crippen molar-refractivity contribution < 1.29 is 14.6 Å². The van der Waals surface area contributed by atoms with E-state index in [9.17, 15) is 5.11 Å². The van der Waals surface area contributed by atoms with Gasteiger partial charge in [-0.25, -0.2) is 0 Å². The van der Waals surface area contributed by atoms with Crippen LogP contribution in [0.4, 0.5) is 0 Å². The van der Waals surface area contributed by atoms with Gasteiger partial charge in [-0.15, -0.1) is 0 Å². The van der Waals surface area contributed by atoms with E-state index in [1.807, 2.05) is 0 Å². The number of hydrogen-bond acceptors (Lipinski definition) is 5. The predicted molar refractivity (Wildman–Crippen MR) is 83.5 cm³/mol. The van der Waals surface area contributed by atoms with Crippen LogP contribution in [0.1, 0.15) is 26.7 Å². The molecule has 2 saturated heterocycles. The lowest BCUT2D eigenvalue weighted by Gasteiger charge is -2.45. The summed E-state index contributed by atoms with van der Waals surface area (Å²) in [5.41, 5.74) is 0.276. The quantitative estimate of drug-likeness (QED) is 0.726. The topological polar surface area (TPSA) is 54.0 Å². The van der Waals surface area contributed by atoms with E-state index >= 15 is 0 Å². The minimum atomic E-state index is 0.156. The molecule has 21 heavy (non-hydrogen) atoms. The van der Waals surface area contributed by atoms with Crippen LogP contribution < -0.4 is 5.32 Å². The summed E-state index contributed by atoms with van der Waals surface area (Å²) in [4.78, 5) is 2.42. The number of nitrogens with one attached hydrogen (secondary N) is 1. The average molecular weight is 300 g/mol. The van der Waals surface area contributed by atoms with Crippen LogP contribution >= 0.6 is 0 Å². The molecule has 0 spiro atoms. The molecule has 0 aromatic rings. The Morgan fingerprint density at radius 1 is 1.24 bits per heavy atom. The molecule has 1 unspecified atom stereocenters. The van der Waals surface area contributed by atoms with Gasteiger partial charge in [0.15, 0.2) is 0 Å². The lowest BCUT2D eigenvalue weighted by Crippen LogP contribution is -2.55. The zero-order valence-electron chi connectivity index (χ0n) is 13.6. The fourth-order valence-electron chi connectivity index (χ4n) is 3.32. The van der Waals surface area contributed by atoms with E-state index in [-0.39, 0.29) is 18.1 Å². The highest BCUT2D eigenvalue weighted by Gasteiger charge is 2.36. The average Bonchev–Trinajstić information content (AvgIpc) is 2.48. The third-order valence-corrected chi connectivity index (χ3v) is 4.70. The lowest BCUT2D eigenvalue weighted by molar-refractivity contribution is -0.0652. The minimum Gasteiger partial charge on any atom is -0.395 e. The Hall–Kier alpha value is -0.200. The van der Waals surface area contributed by atoms with E-state index in [2.05, 4.69) is 24.1 Å². The van der Waals surface area contributed by atoms with Crippen LogP contribution in [0, 0.1) is 11.3 Å². The first-order valence-corrected chi connectivity index (χ1v) is 8.36. The van der Waals surface area contributed by atoms with E-state index in [0.717, 1.165) is 58.8 Å². The molecular weight excluding hydrogens is 268 g/mol. The Labute approximate surface area is 129 Å². The highest BCUT2D eigenvalue weighted by molar-refractivity contribution is 4.90. The third-order valence-electron chi connectivity index (χ3n) is 4.70. The first-order chi connectivity index (χ1) is 10.2. The molecule has 5 nitrogen and oxygen atoms in total. The van der Waals surface area contributed by atoms with Crippen molar-refractivity contribution in [2.24, 2.45) is 11.3 Å². The Morgan fingerprint density at radius 3 is 2.67 bits per heavy atom. The van der Waals surface area contributed by atoms with Gasteiger partial charge in [-0.3, -0.25) is 4.90 Å². The largest absolute Gasteiger partial charge is 0.395 e. The van der Waals surface area contributed by atoms with E-state index in [4.69, 9.17) is 9.47 Å². The number of aliphatic hydroxyl groups excluding tert-OH is 1. The van der Waals surface area contributed by atoms with Gasteiger partial charge in [0.2, 0.25) is 0 Å². The lowest BCUT2D eigenvalue weighted by atomic mass is 9.79. The van der Waals surface area contributed by atoms with E-state index < -0.39 is 0 Å². The molecule has 0 aromatic carbocycles. The van der Waals surface area contributed by atoms with Gasteiger partial charge in [-0.1, -0.05) is 13.8 Å². The number of rotatable bonds is 7. The van der Waals surface area contributed by atoms with Crippen LogP contribution in [-0.2, 0) is 9.47 Å². The van der Waals surface area contributed by atoms with Gasteiger partial charge < -0.3 is 19.9 Å². The van der Waals surface area contributed by atoms with Gasteiger partial charge in [0.05, 0.1) is 25.9 Å². The van der Waals surface area contributed by atoms with Gasteiger partial charge in [-0.05, 0) is 30.7 Å². The summed E-state index contributed by atoms with van der Waals surface area (Å²) in [5.74, 6) is 0.676. The zero-order chi connectivity index (χ0) is 15.1. The second-order valence-electron chi connectivity index (χ2n) is 7.02. The second kappa shape index (κ2) is 8.44. The normalized spacial score (nSPS) is 27.1. The van der Waals surface area contributed by atoms with E-state index in [1.54, 1.807) is 0 Å². The molecule has 2 aliphatic rings. The zero-order valence-corrected chi connectivity index (χ0v) is 13.6. The van der Waals surface area contributed by atoms with Gasteiger partial charge >= 0.3 is 0 Å². The SMILES string of the molecule is CC(C)CNCC1(CN2CCOCC2CO)CCOCC1. The molecule has 1 atom stereocenters. The monoisotopic (exact) mass is 300 g/mol. The van der Waals surface area contributed by atoms with Gasteiger partial charge in [-0.2, -0.15) is 0 Å². The summed E-state index contributed by atoms with van der Waals surface area (Å²) in [6.07, 6.45) is 2.21. The summed E-state index contributed by atoms with van der Waals surface area (Å²) >= 11 is 0. The smallest absolute Gasteiger partial charge is 0.0644 e. The molecule has 0 radical (unpaired) electrons. The summed E-state index contributed by atoms with van der Waals surface area (Å²) in [7, 11) is 0. The third kappa shape index (κ3) is 5.18. The Kier molecular flexibility index (Phi) is 6.89. The highest BCUT2D eigenvalue weighted by atomic mass is 16.5. The molecule has 2 N–H and O–H groups in total. The van der Waals surface area contributed by atoms with Crippen LogP contribution in [0.2, 0.25) is 0 Å². The van der Waals surface area contributed by atoms with Crippen molar-refractivity contribution in [2.75, 3.05) is 59.2 Å². The molecule has 2 aliphatic heterocycles. The molecule has 0 amide bonds. The maximum atomic E-state index is 9.56. The van der Waals surface area contributed by atoms with Crippen molar-refractivity contribution in [3.05, 3.63) is 0 Å². The Balaban J connectivity index is 1.94. The number of ether oxygens (including phenoxy) is 2. The summed E-state index contributed by atoms with van der Waals surface area (Å²) in [5, 5.41) is 13.2. The number of aliphatic hydroxyl groups is 1. The second-order valence-corrected chi connectivity index (χ2v) is 7.02. The summed E-state index contributed by atoms with van der Waals surface area (Å²) in [6.45, 7) is 11.9. The van der Waals surface area contributed by atoms with Crippen LogP contribution in [-0.4, -0.2) is 75.3 Å². The first-order valence-electron chi connectivity index (χ1n) is 8.36. The first kappa shape index (κ1) is 17.2. The molecule has 0 bridgehead atoms. The van der Waals surface area contributed by atoms with Gasteiger partial charge in [0.1, 0.15) is 0 Å². The van der Waals surface area contributed by atoms with Crippen molar-refractivity contribution >= 4 is 0 Å². The van der Waals surface area contributed by atoms with Crippen LogP contribution in [0.15, 0.2) is 0 Å². The number of hydrogen-bond donors (Lipinski definition) is 2. The van der Waals surface area contributed by atoms with Gasteiger partial charge in [0, 0.05) is 32.8 Å². The van der Waals surface area contributed by atoms with Crippen molar-refractivity contribution in [2.45, 2.75) is 32.7 Å². The predicted octanol–water partition coefficient (Wildman–Crippen LogP) is 0.722. The molecule has 5 heteroatoms. The summed E-state index contributed by atoms with van der Waals surface area (Å²) in [6, 6.07) is 0.156. The van der Waals surface area contributed by atoms with Crippen molar-refractivity contribution in [1.29, 1.82) is 0 Å². The molecule has 2 rings (SSSR count). The fraction of sp³-hybridized carbons (Fsp3) is 1.00. The highest BCUT2D eigenvalue weighted by Crippen LogP contribution is 2.32. The van der Waals surface area contributed by atoms with Crippen molar-refractivity contribution in [1.82, 2.24) is 10.2 Å². The van der Waals surface area contributed by atoms with Crippen LogP contribution in [0.25, 0.3) is 0 Å². The standard InChI is InChI=1S/C16H32N2O3/c1-14(2)9-17-12-16(3-6-20-7-4-16)13-18-5-8-21-11-15(18)10-19/h14-15,17,19H,3-13H2,1-2H3. The molecule has 2 heterocycles. The Morgan fingerprint density at radius 2 is 2.00 bits per heavy atom. The number of morpholine rings is 1. The molecule has 2 fully saturated rings. The fourth-order valence-corrected chi connectivity index (χ4v) is 3.32. The maximum Gasteiger partial charge on any atom is 0.0644 e. The molecular formula is C16H32N2O3. The van der Waals surface area contributed by atoms with E-state index in [0.29, 0.717) is 12.5 Å². The van der Waals surface area contributed by atoms with Crippen molar-refractivity contribution in [3.8, 4) is 0 Å². The van der Waals surface area contributed by atoms with E-state index in [1.165, 1.54) is 0 Å². The number of nitrogens with zero attached hydrogens (tertiary/aromatic N) is 1. The van der Waals surface area contributed by atoms with Crippen molar-refractivity contribution in [3.63, 3.8) is 0 Å². The Bertz CT molecular complexity index is 293. The van der Waals surface area contributed by atoms with Gasteiger partial charge in [0.25, 0.3) is 0 Å². The van der Waals surface area contributed by atoms with Crippen LogP contribution in [0.5, 0.6) is 0 Å². The molecule has 124 valence electrons. The molecule has 0 saturated carbocycles. The molecule has 0 aliphatic carbocycles. The summed E-state index contributed by atoms with van der Waals surface area (Å²) < 4.78 is 11.1. The molecule has 0 aromatic heterocycles.